The molecule has 0 radical (unpaired) electrons. The van der Waals surface area contributed by atoms with E-state index in [2.05, 4.69) is 22.8 Å². The van der Waals surface area contributed by atoms with Crippen molar-refractivity contribution in [2.24, 2.45) is 5.10 Å². The van der Waals surface area contributed by atoms with Crippen molar-refractivity contribution >= 4 is 17.9 Å². The van der Waals surface area contributed by atoms with Crippen molar-refractivity contribution in [1.82, 2.24) is 5.43 Å². The number of para-hydroxylation sites is 1. The van der Waals surface area contributed by atoms with Gasteiger partial charge in [-0.3, -0.25) is 0 Å². The number of nitrogens with one attached hydrogen (secondary N) is 2. The first-order valence-corrected chi connectivity index (χ1v) is 7.16. The Morgan fingerprint density at radius 2 is 1.86 bits per heavy atom. The highest BCUT2D eigenvalue weighted by molar-refractivity contribution is 5.90. The summed E-state index contributed by atoms with van der Waals surface area (Å²) in [4.78, 5) is 11.6. The van der Waals surface area contributed by atoms with Gasteiger partial charge < -0.3 is 10.1 Å². The van der Waals surface area contributed by atoms with Crippen LogP contribution >= 0.6 is 0 Å². The van der Waals surface area contributed by atoms with Crippen LogP contribution < -0.4 is 15.5 Å². The van der Waals surface area contributed by atoms with E-state index in [1.54, 1.807) is 18.3 Å². The highest BCUT2D eigenvalue weighted by Crippen LogP contribution is 2.11. The van der Waals surface area contributed by atoms with Gasteiger partial charge in [0.25, 0.3) is 0 Å². The lowest BCUT2D eigenvalue weighted by atomic mass is 10.2. The van der Waals surface area contributed by atoms with Crippen LogP contribution in [0.15, 0.2) is 59.7 Å². The third-order valence-corrected chi connectivity index (χ3v) is 2.76. The molecule has 0 heterocycles. The van der Waals surface area contributed by atoms with E-state index >= 15 is 0 Å². The Morgan fingerprint density at radius 1 is 1.14 bits per heavy atom. The van der Waals surface area contributed by atoms with Gasteiger partial charge in [-0.1, -0.05) is 25.1 Å². The number of rotatable bonds is 6. The fraction of sp³-hybridized carbons (Fsp3) is 0.176. The minimum absolute atomic E-state index is 0.384. The second kappa shape index (κ2) is 8.46. The largest absolute Gasteiger partial charge is 0.494 e. The number of benzene rings is 2. The number of hydrogen-bond acceptors (Lipinski definition) is 3. The molecule has 0 aromatic heterocycles. The van der Waals surface area contributed by atoms with Gasteiger partial charge in [0, 0.05) is 5.69 Å². The molecule has 5 nitrogen and oxygen atoms in total. The van der Waals surface area contributed by atoms with Gasteiger partial charge in [-0.2, -0.15) is 5.10 Å². The van der Waals surface area contributed by atoms with E-state index < -0.39 is 0 Å². The SMILES string of the molecule is CCCOc1ccc(/C=N/NC(=O)Nc2ccccc2)cc1. The molecular formula is C17H19N3O2. The summed E-state index contributed by atoms with van der Waals surface area (Å²) in [5, 5.41) is 6.58. The number of amides is 2. The van der Waals surface area contributed by atoms with Gasteiger partial charge in [0.1, 0.15) is 5.75 Å². The number of anilines is 1. The Morgan fingerprint density at radius 3 is 2.55 bits per heavy atom. The summed E-state index contributed by atoms with van der Waals surface area (Å²) in [6.45, 7) is 2.77. The first kappa shape index (κ1) is 15.6. The molecule has 0 bridgehead atoms. The summed E-state index contributed by atoms with van der Waals surface area (Å²) in [5.41, 5.74) is 4.01. The third-order valence-electron chi connectivity index (χ3n) is 2.76. The summed E-state index contributed by atoms with van der Waals surface area (Å²) >= 11 is 0. The molecule has 5 heteroatoms. The molecule has 2 aromatic rings. The van der Waals surface area contributed by atoms with E-state index in [0.29, 0.717) is 12.3 Å². The fourth-order valence-electron chi connectivity index (χ4n) is 1.72. The summed E-state index contributed by atoms with van der Waals surface area (Å²) < 4.78 is 5.49. The molecule has 0 saturated heterocycles. The predicted octanol–water partition coefficient (Wildman–Crippen LogP) is 3.63. The van der Waals surface area contributed by atoms with Gasteiger partial charge in [0.2, 0.25) is 0 Å². The number of carbonyl (C=O) groups is 1. The van der Waals surface area contributed by atoms with Crippen LogP contribution in [0.25, 0.3) is 0 Å². The minimum atomic E-state index is -0.384. The van der Waals surface area contributed by atoms with Gasteiger partial charge in [-0.05, 0) is 48.4 Å². The van der Waals surface area contributed by atoms with Crippen LogP contribution in [0, 0.1) is 0 Å². The zero-order valence-corrected chi connectivity index (χ0v) is 12.5. The molecule has 2 aromatic carbocycles. The average molecular weight is 297 g/mol. The zero-order chi connectivity index (χ0) is 15.6. The lowest BCUT2D eigenvalue weighted by Gasteiger charge is -2.04. The standard InChI is InChI=1S/C17H19N3O2/c1-2-12-22-16-10-8-14(9-11-16)13-18-20-17(21)19-15-6-4-3-5-7-15/h3-11,13H,2,12H2,1H3,(H2,19,20,21)/b18-13+. The Labute approximate surface area is 130 Å². The van der Waals surface area contributed by atoms with E-state index in [1.165, 1.54) is 0 Å². The van der Waals surface area contributed by atoms with Crippen molar-refractivity contribution in [3.05, 3.63) is 60.2 Å². The lowest BCUT2D eigenvalue weighted by molar-refractivity contribution is 0.252. The molecule has 0 spiro atoms. The third kappa shape index (κ3) is 5.28. The van der Waals surface area contributed by atoms with E-state index in [1.807, 2.05) is 42.5 Å². The summed E-state index contributed by atoms with van der Waals surface area (Å²) in [5.74, 6) is 0.828. The zero-order valence-electron chi connectivity index (χ0n) is 12.5. The molecule has 0 fully saturated rings. The Hall–Kier alpha value is -2.82. The second-order valence-corrected chi connectivity index (χ2v) is 4.61. The van der Waals surface area contributed by atoms with Crippen LogP contribution in [0.3, 0.4) is 0 Å². The lowest BCUT2D eigenvalue weighted by Crippen LogP contribution is -2.24. The smallest absolute Gasteiger partial charge is 0.339 e. The van der Waals surface area contributed by atoms with Crippen molar-refractivity contribution in [3.8, 4) is 5.75 Å². The molecule has 114 valence electrons. The fourth-order valence-corrected chi connectivity index (χ4v) is 1.72. The molecule has 22 heavy (non-hydrogen) atoms. The maximum absolute atomic E-state index is 11.6. The van der Waals surface area contributed by atoms with Crippen LogP contribution in [0.1, 0.15) is 18.9 Å². The molecule has 0 unspecified atom stereocenters. The van der Waals surface area contributed by atoms with E-state index in [-0.39, 0.29) is 6.03 Å². The van der Waals surface area contributed by atoms with Gasteiger partial charge in [0.05, 0.1) is 12.8 Å². The number of hydrazone groups is 1. The number of nitrogens with zero attached hydrogens (tertiary/aromatic N) is 1. The number of urea groups is 1. The van der Waals surface area contributed by atoms with E-state index in [0.717, 1.165) is 17.7 Å². The molecule has 2 N–H and O–H groups in total. The Bertz CT molecular complexity index is 610. The van der Waals surface area contributed by atoms with E-state index in [9.17, 15) is 4.79 Å². The number of hydrogen-bond donors (Lipinski definition) is 2. The predicted molar refractivity (Wildman–Crippen MR) is 88.4 cm³/mol. The maximum Gasteiger partial charge on any atom is 0.339 e. The average Bonchev–Trinajstić information content (AvgIpc) is 2.55. The van der Waals surface area contributed by atoms with Gasteiger partial charge >= 0.3 is 6.03 Å². The highest BCUT2D eigenvalue weighted by Gasteiger charge is 1.98. The molecule has 2 amide bonds. The van der Waals surface area contributed by atoms with Crippen LogP contribution in [-0.2, 0) is 0 Å². The number of ether oxygens (including phenoxy) is 1. The number of carbonyl (C=O) groups excluding carboxylic acids is 1. The molecule has 2 rings (SSSR count). The van der Waals surface area contributed by atoms with Crippen molar-refractivity contribution < 1.29 is 9.53 Å². The molecule has 0 saturated carbocycles. The summed E-state index contributed by atoms with van der Waals surface area (Å²) in [7, 11) is 0. The monoisotopic (exact) mass is 297 g/mol. The van der Waals surface area contributed by atoms with Crippen molar-refractivity contribution in [2.45, 2.75) is 13.3 Å². The first-order chi connectivity index (χ1) is 10.8. The van der Waals surface area contributed by atoms with Crippen LogP contribution in [-0.4, -0.2) is 18.9 Å². The summed E-state index contributed by atoms with van der Waals surface area (Å²) in [6, 6.07) is 16.3. The van der Waals surface area contributed by atoms with Crippen LogP contribution in [0.4, 0.5) is 10.5 Å². The van der Waals surface area contributed by atoms with Crippen LogP contribution in [0.2, 0.25) is 0 Å². The topological polar surface area (TPSA) is 62.7 Å². The molecule has 0 aliphatic rings. The highest BCUT2D eigenvalue weighted by atomic mass is 16.5. The molecule has 0 atom stereocenters. The first-order valence-electron chi connectivity index (χ1n) is 7.16. The van der Waals surface area contributed by atoms with Crippen LogP contribution in [0.5, 0.6) is 5.75 Å². The minimum Gasteiger partial charge on any atom is -0.494 e. The Kier molecular flexibility index (Phi) is 5.99. The van der Waals surface area contributed by atoms with Crippen molar-refractivity contribution in [1.29, 1.82) is 0 Å². The summed E-state index contributed by atoms with van der Waals surface area (Å²) in [6.07, 6.45) is 2.55. The van der Waals surface area contributed by atoms with Crippen molar-refractivity contribution in [2.75, 3.05) is 11.9 Å². The Balaban J connectivity index is 1.80. The van der Waals surface area contributed by atoms with Gasteiger partial charge in [0.15, 0.2) is 0 Å². The second-order valence-electron chi connectivity index (χ2n) is 4.61. The maximum atomic E-state index is 11.6. The van der Waals surface area contributed by atoms with Crippen molar-refractivity contribution in [3.63, 3.8) is 0 Å². The van der Waals surface area contributed by atoms with E-state index in [4.69, 9.17) is 4.74 Å². The molecule has 0 aliphatic carbocycles. The normalized spacial score (nSPS) is 10.4. The van der Waals surface area contributed by atoms with Gasteiger partial charge in [-0.15, -0.1) is 0 Å². The van der Waals surface area contributed by atoms with Gasteiger partial charge in [-0.25, -0.2) is 10.2 Å². The molecular weight excluding hydrogens is 278 g/mol. The quantitative estimate of drug-likeness (QED) is 0.631. The molecule has 0 aliphatic heterocycles.